The lowest BCUT2D eigenvalue weighted by molar-refractivity contribution is 0.180. The number of hydrogen-bond donors (Lipinski definition) is 3. The molecule has 2 aromatic rings. The van der Waals surface area contributed by atoms with Gasteiger partial charge in [0.1, 0.15) is 11.5 Å². The van der Waals surface area contributed by atoms with Crippen molar-refractivity contribution in [3.63, 3.8) is 0 Å². The van der Waals surface area contributed by atoms with Crippen molar-refractivity contribution in [2.45, 2.75) is 19.6 Å². The number of ether oxygens (including phenoxy) is 2. The molecule has 2 aromatic carbocycles. The Morgan fingerprint density at radius 2 is 1.67 bits per heavy atom. The van der Waals surface area contributed by atoms with Gasteiger partial charge in [-0.3, -0.25) is 0 Å². The second-order valence-corrected chi connectivity index (χ2v) is 5.72. The molecule has 0 aliphatic rings. The predicted octanol–water partition coefficient (Wildman–Crippen LogP) is 3.11. The second-order valence-electron chi connectivity index (χ2n) is 5.72. The van der Waals surface area contributed by atoms with Crippen LogP contribution < -0.4 is 20.1 Å². The molecule has 0 aliphatic carbocycles. The minimum Gasteiger partial charge on any atom is -0.497 e. The van der Waals surface area contributed by atoms with E-state index in [9.17, 15) is 5.11 Å². The van der Waals surface area contributed by atoms with Gasteiger partial charge in [0.15, 0.2) is 5.96 Å². The summed E-state index contributed by atoms with van der Waals surface area (Å²) >= 11 is 0. The van der Waals surface area contributed by atoms with Crippen LogP contribution in [0.25, 0.3) is 0 Å². The molecule has 7 heteroatoms. The van der Waals surface area contributed by atoms with Crippen LogP contribution in [0, 0.1) is 0 Å². The highest BCUT2D eigenvalue weighted by molar-refractivity contribution is 14.0. The van der Waals surface area contributed by atoms with E-state index < -0.39 is 6.10 Å². The summed E-state index contributed by atoms with van der Waals surface area (Å²) in [6.07, 6.45) is -0.723. The lowest BCUT2D eigenvalue weighted by Crippen LogP contribution is -2.39. The maximum absolute atomic E-state index is 10.5. The molecule has 0 bridgehead atoms. The summed E-state index contributed by atoms with van der Waals surface area (Å²) in [4.78, 5) is 4.55. The molecule has 0 heterocycles. The van der Waals surface area contributed by atoms with Gasteiger partial charge < -0.3 is 25.2 Å². The summed E-state index contributed by atoms with van der Waals surface area (Å²) in [5.74, 6) is 1.94. The first-order valence-corrected chi connectivity index (χ1v) is 8.63. The van der Waals surface area contributed by atoms with Crippen molar-refractivity contribution in [1.82, 2.24) is 10.6 Å². The standard InChI is InChI=1S/C20H27N3O3.HI/c1-4-21-20(22-13-15-8-6-5-7-9-15)23-14-19(24)16-10-17(25-2)12-18(11-16)26-3;/h5-12,19,24H,4,13-14H2,1-3H3,(H2,21,22,23);1H. The zero-order chi connectivity index (χ0) is 18.8. The summed E-state index contributed by atoms with van der Waals surface area (Å²) in [7, 11) is 3.17. The lowest BCUT2D eigenvalue weighted by atomic mass is 10.1. The molecular weight excluding hydrogens is 457 g/mol. The van der Waals surface area contributed by atoms with E-state index in [0.717, 1.165) is 12.1 Å². The van der Waals surface area contributed by atoms with E-state index in [1.807, 2.05) is 37.3 Å². The molecule has 3 N–H and O–H groups in total. The number of nitrogens with zero attached hydrogens (tertiary/aromatic N) is 1. The third-order valence-corrected chi connectivity index (χ3v) is 3.83. The van der Waals surface area contributed by atoms with Crippen molar-refractivity contribution in [2.75, 3.05) is 27.3 Å². The molecule has 0 amide bonds. The molecule has 148 valence electrons. The molecule has 0 radical (unpaired) electrons. The fraction of sp³-hybridized carbons (Fsp3) is 0.350. The minimum atomic E-state index is -0.723. The molecule has 27 heavy (non-hydrogen) atoms. The molecule has 0 saturated heterocycles. The van der Waals surface area contributed by atoms with Gasteiger partial charge in [-0.05, 0) is 30.2 Å². The van der Waals surface area contributed by atoms with E-state index in [1.54, 1.807) is 32.4 Å². The van der Waals surface area contributed by atoms with Gasteiger partial charge >= 0.3 is 0 Å². The van der Waals surface area contributed by atoms with Gasteiger partial charge in [0.05, 0.1) is 26.9 Å². The predicted molar refractivity (Wildman–Crippen MR) is 119 cm³/mol. The van der Waals surface area contributed by atoms with Crippen molar-refractivity contribution >= 4 is 29.9 Å². The van der Waals surface area contributed by atoms with E-state index in [1.165, 1.54) is 0 Å². The van der Waals surface area contributed by atoms with Gasteiger partial charge in [-0.25, -0.2) is 4.99 Å². The van der Waals surface area contributed by atoms with E-state index in [2.05, 4.69) is 15.6 Å². The smallest absolute Gasteiger partial charge is 0.191 e. The van der Waals surface area contributed by atoms with Gasteiger partial charge in [-0.1, -0.05) is 30.3 Å². The summed E-state index contributed by atoms with van der Waals surface area (Å²) in [6.45, 7) is 3.63. The van der Waals surface area contributed by atoms with Crippen molar-refractivity contribution in [3.05, 3.63) is 59.7 Å². The quantitative estimate of drug-likeness (QED) is 0.305. The number of hydrogen-bond acceptors (Lipinski definition) is 4. The third kappa shape index (κ3) is 7.64. The van der Waals surface area contributed by atoms with E-state index >= 15 is 0 Å². The Hall–Kier alpha value is -2.00. The number of aliphatic hydroxyl groups is 1. The topological polar surface area (TPSA) is 75.1 Å². The van der Waals surface area contributed by atoms with E-state index in [0.29, 0.717) is 36.1 Å². The number of nitrogens with one attached hydrogen (secondary N) is 2. The van der Waals surface area contributed by atoms with Crippen LogP contribution in [-0.4, -0.2) is 38.4 Å². The number of halogens is 1. The zero-order valence-corrected chi connectivity index (χ0v) is 18.3. The highest BCUT2D eigenvalue weighted by atomic mass is 127. The first-order valence-electron chi connectivity index (χ1n) is 8.63. The SMILES string of the molecule is CCNC(=NCc1ccccc1)NCC(O)c1cc(OC)cc(OC)c1.I. The number of benzene rings is 2. The Balaban J connectivity index is 0.00000364. The Kier molecular flexibility index (Phi) is 10.6. The molecule has 2 rings (SSSR count). The van der Waals surface area contributed by atoms with Gasteiger partial charge in [0.25, 0.3) is 0 Å². The number of rotatable bonds is 8. The maximum Gasteiger partial charge on any atom is 0.191 e. The average Bonchev–Trinajstić information content (AvgIpc) is 2.70. The fourth-order valence-corrected chi connectivity index (χ4v) is 2.43. The van der Waals surface area contributed by atoms with Gasteiger partial charge in [0.2, 0.25) is 0 Å². The van der Waals surface area contributed by atoms with Crippen molar-refractivity contribution < 1.29 is 14.6 Å². The fourth-order valence-electron chi connectivity index (χ4n) is 2.43. The minimum absolute atomic E-state index is 0. The summed E-state index contributed by atoms with van der Waals surface area (Å²) in [5.41, 5.74) is 1.84. The van der Waals surface area contributed by atoms with Crippen LogP contribution in [0.1, 0.15) is 24.2 Å². The molecule has 6 nitrogen and oxygen atoms in total. The van der Waals surface area contributed by atoms with E-state index in [4.69, 9.17) is 9.47 Å². The summed E-state index contributed by atoms with van der Waals surface area (Å²) < 4.78 is 10.5. The second kappa shape index (κ2) is 12.4. The maximum atomic E-state index is 10.5. The van der Waals surface area contributed by atoms with Gasteiger partial charge in [0, 0.05) is 19.2 Å². The molecule has 1 atom stereocenters. The van der Waals surface area contributed by atoms with Crippen LogP contribution in [0.4, 0.5) is 0 Å². The Bertz CT molecular complexity index is 689. The molecule has 0 aliphatic heterocycles. The van der Waals surface area contributed by atoms with Crippen molar-refractivity contribution in [1.29, 1.82) is 0 Å². The van der Waals surface area contributed by atoms with Crippen LogP contribution >= 0.6 is 24.0 Å². The summed E-state index contributed by atoms with van der Waals surface area (Å²) in [5, 5.41) is 16.9. The van der Waals surface area contributed by atoms with Crippen LogP contribution in [0.3, 0.4) is 0 Å². The molecule has 0 spiro atoms. The van der Waals surface area contributed by atoms with Crippen LogP contribution in [-0.2, 0) is 6.54 Å². The molecule has 0 saturated carbocycles. The third-order valence-electron chi connectivity index (χ3n) is 3.83. The molecule has 1 unspecified atom stereocenters. The average molecular weight is 485 g/mol. The first-order chi connectivity index (χ1) is 12.7. The van der Waals surface area contributed by atoms with Crippen molar-refractivity contribution in [2.24, 2.45) is 4.99 Å². The van der Waals surface area contributed by atoms with Crippen LogP contribution in [0.5, 0.6) is 11.5 Å². The highest BCUT2D eigenvalue weighted by Crippen LogP contribution is 2.26. The lowest BCUT2D eigenvalue weighted by Gasteiger charge is -2.17. The zero-order valence-electron chi connectivity index (χ0n) is 15.9. The molecule has 0 fully saturated rings. The number of methoxy groups -OCH3 is 2. The number of aliphatic imine (C=N–C) groups is 1. The molecule has 0 aromatic heterocycles. The Labute approximate surface area is 178 Å². The van der Waals surface area contributed by atoms with Gasteiger partial charge in [-0.15, -0.1) is 24.0 Å². The Morgan fingerprint density at radius 1 is 1.04 bits per heavy atom. The van der Waals surface area contributed by atoms with Crippen LogP contribution in [0.15, 0.2) is 53.5 Å². The van der Waals surface area contributed by atoms with E-state index in [-0.39, 0.29) is 24.0 Å². The summed E-state index contributed by atoms with van der Waals surface area (Å²) in [6, 6.07) is 15.4. The first kappa shape index (κ1) is 23.0. The van der Waals surface area contributed by atoms with Crippen molar-refractivity contribution in [3.8, 4) is 11.5 Å². The number of guanidine groups is 1. The largest absolute Gasteiger partial charge is 0.497 e. The number of aliphatic hydroxyl groups excluding tert-OH is 1. The van der Waals surface area contributed by atoms with Crippen LogP contribution in [0.2, 0.25) is 0 Å². The highest BCUT2D eigenvalue weighted by Gasteiger charge is 2.12. The molecular formula is C20H28IN3O3. The normalized spacial score (nSPS) is 11.9. The Morgan fingerprint density at radius 3 is 2.22 bits per heavy atom. The monoisotopic (exact) mass is 485 g/mol. The van der Waals surface area contributed by atoms with Gasteiger partial charge in [-0.2, -0.15) is 0 Å².